The summed E-state index contributed by atoms with van der Waals surface area (Å²) < 4.78 is 31.0. The summed E-state index contributed by atoms with van der Waals surface area (Å²) >= 11 is 0. The summed E-state index contributed by atoms with van der Waals surface area (Å²) in [6.45, 7) is 1.64. The normalized spacial score (nSPS) is 10.8. The van der Waals surface area contributed by atoms with Crippen molar-refractivity contribution in [1.29, 1.82) is 0 Å². The third kappa shape index (κ3) is 1.44. The molecule has 2 rings (SSSR count). The van der Waals surface area contributed by atoms with Crippen molar-refractivity contribution < 1.29 is 18.3 Å². The Hall–Kier alpha value is -1.91. The highest BCUT2D eigenvalue weighted by Gasteiger charge is 2.16. The first-order chi connectivity index (χ1) is 7.54. The highest BCUT2D eigenvalue weighted by molar-refractivity contribution is 5.96. The highest BCUT2D eigenvalue weighted by Crippen LogP contribution is 2.24. The van der Waals surface area contributed by atoms with Crippen LogP contribution in [0.2, 0.25) is 0 Å². The number of H-pyrrole nitrogens is 1. The number of ether oxygens (including phenoxy) is 1. The maximum atomic E-state index is 13.4. The number of carbonyl (C=O) groups excluding carboxylic acids is 1. The molecule has 0 atom stereocenters. The molecule has 0 radical (unpaired) electrons. The van der Waals surface area contributed by atoms with Crippen molar-refractivity contribution in [3.05, 3.63) is 35.0 Å². The van der Waals surface area contributed by atoms with Gasteiger partial charge in [-0.1, -0.05) is 0 Å². The summed E-state index contributed by atoms with van der Waals surface area (Å²) in [5.74, 6) is -2.55. The second kappa shape index (κ2) is 3.59. The van der Waals surface area contributed by atoms with E-state index in [9.17, 15) is 13.6 Å². The Kier molecular flexibility index (Phi) is 2.38. The Morgan fingerprint density at radius 1 is 1.38 bits per heavy atom. The molecule has 1 heterocycles. The molecule has 0 bridgehead atoms. The fourth-order valence-electron chi connectivity index (χ4n) is 1.61. The molecule has 0 aliphatic heterocycles. The lowest BCUT2D eigenvalue weighted by molar-refractivity contribution is 0.0595. The molecule has 84 valence electrons. The number of aromatic nitrogens is 1. The Labute approximate surface area is 90.0 Å². The van der Waals surface area contributed by atoms with Gasteiger partial charge in [0.2, 0.25) is 0 Å². The summed E-state index contributed by atoms with van der Waals surface area (Å²) in [6, 6.07) is 2.53. The van der Waals surface area contributed by atoms with E-state index in [0.717, 1.165) is 6.07 Å². The first-order valence-electron chi connectivity index (χ1n) is 4.60. The van der Waals surface area contributed by atoms with Crippen LogP contribution in [-0.4, -0.2) is 18.1 Å². The molecule has 3 nitrogen and oxygen atoms in total. The molecular weight excluding hydrogens is 216 g/mol. The predicted octanol–water partition coefficient (Wildman–Crippen LogP) is 2.54. The summed E-state index contributed by atoms with van der Waals surface area (Å²) in [5.41, 5.74) is 0.642. The number of carbonyl (C=O) groups is 1. The summed E-state index contributed by atoms with van der Waals surface area (Å²) in [6.07, 6.45) is 0. The molecule has 0 fully saturated rings. The van der Waals surface area contributed by atoms with Crippen LogP contribution in [0.3, 0.4) is 0 Å². The van der Waals surface area contributed by atoms with Gasteiger partial charge >= 0.3 is 5.97 Å². The number of hydrogen-bond donors (Lipinski definition) is 1. The molecule has 0 aliphatic carbocycles. The lowest BCUT2D eigenvalue weighted by Gasteiger charge is -1.98. The Morgan fingerprint density at radius 2 is 2.06 bits per heavy atom. The Bertz CT molecular complexity index is 575. The van der Waals surface area contributed by atoms with Crippen LogP contribution in [0.5, 0.6) is 0 Å². The summed E-state index contributed by atoms with van der Waals surface area (Å²) in [5, 5.41) is 0.472. The number of fused-ring (bicyclic) bond motifs is 1. The van der Waals surface area contributed by atoms with Crippen LogP contribution in [0.1, 0.15) is 16.1 Å². The average Bonchev–Trinajstić information content (AvgIpc) is 2.70. The molecule has 0 aliphatic rings. The van der Waals surface area contributed by atoms with Gasteiger partial charge in [0, 0.05) is 5.39 Å². The lowest BCUT2D eigenvalue weighted by atomic mass is 10.1. The largest absolute Gasteiger partial charge is 0.464 e. The first-order valence-corrected chi connectivity index (χ1v) is 4.60. The molecule has 16 heavy (non-hydrogen) atoms. The van der Waals surface area contributed by atoms with Gasteiger partial charge in [-0.15, -0.1) is 0 Å². The summed E-state index contributed by atoms with van der Waals surface area (Å²) in [7, 11) is 1.22. The first kappa shape index (κ1) is 10.6. The van der Waals surface area contributed by atoms with E-state index in [1.165, 1.54) is 13.2 Å². The van der Waals surface area contributed by atoms with Crippen molar-refractivity contribution in [2.45, 2.75) is 6.92 Å². The van der Waals surface area contributed by atoms with Crippen LogP contribution in [0.25, 0.3) is 10.9 Å². The molecule has 2 aromatic rings. The predicted molar refractivity (Wildman–Crippen MR) is 54.3 cm³/mol. The molecule has 5 heteroatoms. The van der Waals surface area contributed by atoms with Crippen molar-refractivity contribution in [2.24, 2.45) is 0 Å². The van der Waals surface area contributed by atoms with E-state index >= 15 is 0 Å². The number of methoxy groups -OCH3 is 1. The van der Waals surface area contributed by atoms with Crippen LogP contribution < -0.4 is 0 Å². The number of aryl methyl sites for hydroxylation is 1. The van der Waals surface area contributed by atoms with Crippen LogP contribution in [0, 0.1) is 18.6 Å². The molecule has 1 N–H and O–H groups in total. The van der Waals surface area contributed by atoms with Crippen molar-refractivity contribution in [3.63, 3.8) is 0 Å². The van der Waals surface area contributed by atoms with E-state index in [1.54, 1.807) is 6.92 Å². The third-order valence-corrected chi connectivity index (χ3v) is 2.42. The number of nitrogens with one attached hydrogen (secondary N) is 1. The molecule has 0 saturated carbocycles. The number of rotatable bonds is 1. The van der Waals surface area contributed by atoms with E-state index < -0.39 is 17.6 Å². The van der Waals surface area contributed by atoms with Crippen LogP contribution >= 0.6 is 0 Å². The minimum Gasteiger partial charge on any atom is -0.464 e. The van der Waals surface area contributed by atoms with E-state index in [4.69, 9.17) is 0 Å². The molecule has 1 aromatic heterocycles. The minimum atomic E-state index is -0.990. The van der Waals surface area contributed by atoms with E-state index in [2.05, 4.69) is 9.72 Å². The zero-order valence-corrected chi connectivity index (χ0v) is 8.73. The second-order valence-corrected chi connectivity index (χ2v) is 3.45. The third-order valence-electron chi connectivity index (χ3n) is 2.42. The van der Waals surface area contributed by atoms with Gasteiger partial charge in [0.25, 0.3) is 0 Å². The molecule has 0 spiro atoms. The molecular formula is C11H9F2NO2. The zero-order chi connectivity index (χ0) is 11.9. The van der Waals surface area contributed by atoms with Gasteiger partial charge in [0.1, 0.15) is 5.69 Å². The second-order valence-electron chi connectivity index (χ2n) is 3.45. The minimum absolute atomic E-state index is 0.0158. The summed E-state index contributed by atoms with van der Waals surface area (Å²) in [4.78, 5) is 13.7. The molecule has 0 unspecified atom stereocenters. The monoisotopic (exact) mass is 225 g/mol. The Morgan fingerprint density at radius 3 is 2.69 bits per heavy atom. The van der Waals surface area contributed by atoms with Gasteiger partial charge in [0.15, 0.2) is 11.6 Å². The zero-order valence-electron chi connectivity index (χ0n) is 8.73. The van der Waals surface area contributed by atoms with E-state index in [1.807, 2.05) is 0 Å². The van der Waals surface area contributed by atoms with Crippen LogP contribution in [0.4, 0.5) is 8.78 Å². The number of aromatic amines is 1. The van der Waals surface area contributed by atoms with Crippen LogP contribution in [-0.2, 0) is 4.74 Å². The van der Waals surface area contributed by atoms with Gasteiger partial charge in [-0.3, -0.25) is 0 Å². The quantitative estimate of drug-likeness (QED) is 0.758. The van der Waals surface area contributed by atoms with Crippen molar-refractivity contribution in [3.8, 4) is 0 Å². The van der Waals surface area contributed by atoms with Gasteiger partial charge in [0.05, 0.1) is 12.6 Å². The lowest BCUT2D eigenvalue weighted by Crippen LogP contribution is -2.00. The van der Waals surface area contributed by atoms with E-state index in [-0.39, 0.29) is 11.2 Å². The van der Waals surface area contributed by atoms with Gasteiger partial charge in [-0.25, -0.2) is 13.6 Å². The number of esters is 1. The smallest absolute Gasteiger partial charge is 0.354 e. The van der Waals surface area contributed by atoms with Gasteiger partial charge in [-0.2, -0.15) is 0 Å². The maximum Gasteiger partial charge on any atom is 0.354 e. The standard InChI is InChI=1S/C11H9F2NO2/c1-5-3-7(12)9(13)10-6(5)4-8(14-10)11(15)16-2/h3-4,14H,1-2H3. The van der Waals surface area contributed by atoms with Crippen molar-refractivity contribution in [2.75, 3.05) is 7.11 Å². The Balaban J connectivity index is 2.74. The highest BCUT2D eigenvalue weighted by atomic mass is 19.2. The molecule has 0 amide bonds. The fraction of sp³-hybridized carbons (Fsp3) is 0.182. The maximum absolute atomic E-state index is 13.4. The SMILES string of the molecule is COC(=O)c1cc2c(C)cc(F)c(F)c2[nH]1. The molecule has 1 aromatic carbocycles. The van der Waals surface area contributed by atoms with E-state index in [0.29, 0.717) is 10.9 Å². The van der Waals surface area contributed by atoms with Crippen molar-refractivity contribution >= 4 is 16.9 Å². The number of benzene rings is 1. The molecule has 0 saturated heterocycles. The fourth-order valence-corrected chi connectivity index (χ4v) is 1.61. The average molecular weight is 225 g/mol. The topological polar surface area (TPSA) is 42.1 Å². The number of hydrogen-bond acceptors (Lipinski definition) is 2. The van der Waals surface area contributed by atoms with Gasteiger partial charge in [-0.05, 0) is 24.6 Å². The van der Waals surface area contributed by atoms with Gasteiger partial charge < -0.3 is 9.72 Å². The van der Waals surface area contributed by atoms with Crippen molar-refractivity contribution in [1.82, 2.24) is 4.98 Å². The van der Waals surface area contributed by atoms with Crippen LogP contribution in [0.15, 0.2) is 12.1 Å². The number of halogens is 2.